The lowest BCUT2D eigenvalue weighted by molar-refractivity contribution is 0.630. The number of hydrogen-bond donors (Lipinski definition) is 0. The van der Waals surface area contributed by atoms with Gasteiger partial charge in [-0.2, -0.15) is 0 Å². The highest BCUT2D eigenvalue weighted by atomic mass is 79.9. The maximum atomic E-state index is 13.8. The van der Waals surface area contributed by atoms with E-state index in [0.717, 1.165) is 4.47 Å². The van der Waals surface area contributed by atoms with Crippen LogP contribution in [0.2, 0.25) is 10.0 Å². The van der Waals surface area contributed by atoms with Crippen molar-refractivity contribution in [2.24, 2.45) is 0 Å². The summed E-state index contributed by atoms with van der Waals surface area (Å²) in [5.41, 5.74) is 1.45. The van der Waals surface area contributed by atoms with Gasteiger partial charge in [-0.3, -0.25) is 0 Å². The highest BCUT2D eigenvalue weighted by molar-refractivity contribution is 9.10. The van der Waals surface area contributed by atoms with Crippen molar-refractivity contribution in [3.8, 4) is 11.3 Å². The molecule has 1 aromatic carbocycles. The number of hydrogen-bond acceptors (Lipinski definition) is 1. The van der Waals surface area contributed by atoms with Gasteiger partial charge in [0, 0.05) is 22.4 Å². The van der Waals surface area contributed by atoms with E-state index in [-0.39, 0.29) is 5.82 Å². The molecule has 0 atom stereocenters. The number of rotatable bonds is 1. The van der Waals surface area contributed by atoms with E-state index in [4.69, 9.17) is 23.2 Å². The van der Waals surface area contributed by atoms with E-state index in [9.17, 15) is 4.39 Å². The summed E-state index contributed by atoms with van der Waals surface area (Å²) < 4.78 is 16.3. The third-order valence-corrected chi connectivity index (χ3v) is 3.66. The minimum absolute atomic E-state index is 0.339. The second kappa shape index (κ2) is 4.78. The summed E-state index contributed by atoms with van der Waals surface area (Å²) in [6, 6.07) is 6.30. The molecule has 2 heterocycles. The third-order valence-electron chi connectivity index (χ3n) is 2.68. The summed E-state index contributed by atoms with van der Waals surface area (Å²) in [6.45, 7) is 0. The molecule has 96 valence electrons. The number of nitrogens with zero attached hydrogens (tertiary/aromatic N) is 2. The highest BCUT2D eigenvalue weighted by Crippen LogP contribution is 2.28. The summed E-state index contributed by atoms with van der Waals surface area (Å²) in [6.07, 6.45) is 3.37. The molecule has 19 heavy (non-hydrogen) atoms. The van der Waals surface area contributed by atoms with Gasteiger partial charge in [-0.15, -0.1) is 0 Å². The van der Waals surface area contributed by atoms with Crippen molar-refractivity contribution in [3.05, 3.63) is 57.0 Å². The number of benzene rings is 1. The van der Waals surface area contributed by atoms with Crippen LogP contribution in [0.4, 0.5) is 4.39 Å². The maximum Gasteiger partial charge on any atom is 0.156 e. The van der Waals surface area contributed by atoms with Gasteiger partial charge in [0.25, 0.3) is 0 Å². The van der Waals surface area contributed by atoms with Crippen LogP contribution in [0.15, 0.2) is 41.1 Å². The molecule has 2 nitrogen and oxygen atoms in total. The summed E-state index contributed by atoms with van der Waals surface area (Å²) in [7, 11) is 0. The lowest BCUT2D eigenvalue weighted by Gasteiger charge is -1.99. The van der Waals surface area contributed by atoms with E-state index in [1.807, 2.05) is 0 Å². The van der Waals surface area contributed by atoms with Crippen molar-refractivity contribution < 1.29 is 4.39 Å². The summed E-state index contributed by atoms with van der Waals surface area (Å²) in [4.78, 5) is 4.34. The average Bonchev–Trinajstić information content (AvgIpc) is 2.76. The number of halogens is 4. The zero-order chi connectivity index (χ0) is 13.6. The fraction of sp³-hybridized carbons (Fsp3) is 0. The Morgan fingerprint density at radius 1 is 1.16 bits per heavy atom. The van der Waals surface area contributed by atoms with Crippen molar-refractivity contribution in [2.75, 3.05) is 0 Å². The average molecular weight is 360 g/mol. The molecule has 0 aliphatic heterocycles. The van der Waals surface area contributed by atoms with Gasteiger partial charge in [-0.05, 0) is 24.3 Å². The van der Waals surface area contributed by atoms with Crippen LogP contribution in [0.3, 0.4) is 0 Å². The molecule has 0 aliphatic rings. The smallest absolute Gasteiger partial charge is 0.156 e. The summed E-state index contributed by atoms with van der Waals surface area (Å²) in [5, 5.41) is 0.922. The van der Waals surface area contributed by atoms with Crippen molar-refractivity contribution in [1.29, 1.82) is 0 Å². The van der Waals surface area contributed by atoms with Crippen molar-refractivity contribution in [2.45, 2.75) is 0 Å². The molecule has 0 bridgehead atoms. The molecule has 0 saturated heterocycles. The predicted octanol–water partition coefficient (Wildman–Crippen LogP) is 5.21. The number of imidazole rings is 1. The molecule has 0 spiro atoms. The molecule has 0 unspecified atom stereocenters. The number of pyridine rings is 1. The Morgan fingerprint density at radius 2 is 1.95 bits per heavy atom. The predicted molar refractivity (Wildman–Crippen MR) is 78.3 cm³/mol. The van der Waals surface area contributed by atoms with E-state index < -0.39 is 0 Å². The van der Waals surface area contributed by atoms with E-state index in [0.29, 0.717) is 26.9 Å². The van der Waals surface area contributed by atoms with Gasteiger partial charge in [0.05, 0.1) is 15.7 Å². The molecule has 3 rings (SSSR count). The quantitative estimate of drug-likeness (QED) is 0.583. The Balaban J connectivity index is 2.26. The molecule has 0 N–H and O–H groups in total. The summed E-state index contributed by atoms with van der Waals surface area (Å²) >= 11 is 15.3. The second-order valence-electron chi connectivity index (χ2n) is 3.99. The topological polar surface area (TPSA) is 17.3 Å². The van der Waals surface area contributed by atoms with E-state index >= 15 is 0 Å². The fourth-order valence-electron chi connectivity index (χ4n) is 1.85. The molecule has 2 aromatic heterocycles. The van der Waals surface area contributed by atoms with E-state index in [1.54, 1.807) is 35.0 Å². The first-order chi connectivity index (χ1) is 9.04. The largest absolute Gasteiger partial charge is 0.304 e. The highest BCUT2D eigenvalue weighted by Gasteiger charge is 2.12. The van der Waals surface area contributed by atoms with E-state index in [2.05, 4.69) is 20.9 Å². The molecule has 0 fully saturated rings. The van der Waals surface area contributed by atoms with Crippen LogP contribution in [0, 0.1) is 5.82 Å². The molecule has 0 amide bonds. The van der Waals surface area contributed by atoms with Gasteiger partial charge < -0.3 is 4.40 Å². The standard InChI is InChI=1S/C13H6BrCl2FN2/c14-7-1-2-11(17)9(3-7)12-6-19-5-8(15)4-10(16)13(19)18-12/h1-6H. The van der Waals surface area contributed by atoms with Crippen LogP contribution in [0.25, 0.3) is 16.9 Å². The van der Waals surface area contributed by atoms with E-state index in [1.165, 1.54) is 6.07 Å². The van der Waals surface area contributed by atoms with Crippen molar-refractivity contribution in [1.82, 2.24) is 9.38 Å². The Bertz CT molecular complexity index is 786. The van der Waals surface area contributed by atoms with Gasteiger partial charge in [0.2, 0.25) is 0 Å². The van der Waals surface area contributed by atoms with Crippen molar-refractivity contribution >= 4 is 44.8 Å². The zero-order valence-corrected chi connectivity index (χ0v) is 12.5. The Labute approximate surface area is 126 Å². The van der Waals surface area contributed by atoms with Crippen molar-refractivity contribution in [3.63, 3.8) is 0 Å². The molecular formula is C13H6BrCl2FN2. The lowest BCUT2D eigenvalue weighted by atomic mass is 10.1. The van der Waals surface area contributed by atoms with Crippen LogP contribution in [-0.2, 0) is 0 Å². The van der Waals surface area contributed by atoms with Crippen LogP contribution < -0.4 is 0 Å². The summed E-state index contributed by atoms with van der Waals surface area (Å²) in [5.74, 6) is -0.339. The van der Waals surface area contributed by atoms with Gasteiger partial charge in [-0.1, -0.05) is 39.1 Å². The van der Waals surface area contributed by atoms with Gasteiger partial charge >= 0.3 is 0 Å². The van der Waals surface area contributed by atoms with Crippen LogP contribution in [-0.4, -0.2) is 9.38 Å². The molecule has 0 aliphatic carbocycles. The molecule has 0 radical (unpaired) electrons. The number of aromatic nitrogens is 2. The first-order valence-corrected chi connectivity index (χ1v) is 6.88. The minimum Gasteiger partial charge on any atom is -0.304 e. The Hall–Kier alpha value is -1.10. The SMILES string of the molecule is Fc1ccc(Br)cc1-c1cn2cc(Cl)cc(Cl)c2n1. The second-order valence-corrected chi connectivity index (χ2v) is 5.75. The van der Waals surface area contributed by atoms with Crippen LogP contribution in [0.5, 0.6) is 0 Å². The normalized spacial score (nSPS) is 11.2. The molecular weight excluding hydrogens is 354 g/mol. The van der Waals surface area contributed by atoms with Crippen LogP contribution >= 0.6 is 39.1 Å². The molecule has 6 heteroatoms. The first kappa shape index (κ1) is 12.9. The van der Waals surface area contributed by atoms with Gasteiger partial charge in [0.1, 0.15) is 5.82 Å². The van der Waals surface area contributed by atoms with Gasteiger partial charge in [0.15, 0.2) is 5.65 Å². The van der Waals surface area contributed by atoms with Gasteiger partial charge in [-0.25, -0.2) is 9.37 Å². The third kappa shape index (κ3) is 2.36. The Morgan fingerprint density at radius 3 is 2.74 bits per heavy atom. The number of fused-ring (bicyclic) bond motifs is 1. The molecule has 0 saturated carbocycles. The monoisotopic (exact) mass is 358 g/mol. The lowest BCUT2D eigenvalue weighted by Crippen LogP contribution is -1.84. The molecule has 3 aromatic rings. The first-order valence-electron chi connectivity index (χ1n) is 5.34. The fourth-order valence-corrected chi connectivity index (χ4v) is 2.74. The minimum atomic E-state index is -0.339. The Kier molecular flexibility index (Phi) is 3.25. The zero-order valence-electron chi connectivity index (χ0n) is 9.37. The maximum absolute atomic E-state index is 13.8. The van der Waals surface area contributed by atoms with Crippen LogP contribution in [0.1, 0.15) is 0 Å².